The van der Waals surface area contributed by atoms with Crippen LogP contribution in [-0.2, 0) is 10.2 Å². The second-order valence-corrected chi connectivity index (χ2v) is 4.72. The van der Waals surface area contributed by atoms with Crippen molar-refractivity contribution >= 4 is 11.6 Å². The van der Waals surface area contributed by atoms with E-state index in [1.807, 2.05) is 12.1 Å². The molecule has 0 aromatic heterocycles. The smallest absolute Gasteiger partial charge is 0.122 e. The molecule has 3 N–H and O–H groups in total. The highest BCUT2D eigenvalue weighted by molar-refractivity contribution is 6.30. The Kier molecular flexibility index (Phi) is 3.58. The number of nitrogens with two attached hydrogens (primary N) is 1. The van der Waals surface area contributed by atoms with Gasteiger partial charge in [0.25, 0.3) is 0 Å². The zero-order valence-corrected chi connectivity index (χ0v) is 10.4. The molecule has 5 heteroatoms. The van der Waals surface area contributed by atoms with Crippen LogP contribution in [0.15, 0.2) is 18.2 Å². The summed E-state index contributed by atoms with van der Waals surface area (Å²) in [6, 6.07) is 5.02. The van der Waals surface area contributed by atoms with E-state index in [9.17, 15) is 5.11 Å². The lowest BCUT2D eigenvalue weighted by atomic mass is 9.72. The van der Waals surface area contributed by atoms with E-state index in [0.29, 0.717) is 18.2 Å². The Labute approximate surface area is 105 Å². The van der Waals surface area contributed by atoms with Crippen molar-refractivity contribution < 1.29 is 14.6 Å². The Hall–Kier alpha value is -0.810. The quantitative estimate of drug-likeness (QED) is 0.843. The lowest BCUT2D eigenvalue weighted by Gasteiger charge is -2.46. The molecule has 1 aliphatic rings. The van der Waals surface area contributed by atoms with Gasteiger partial charge in [-0.05, 0) is 18.2 Å². The van der Waals surface area contributed by atoms with Crippen molar-refractivity contribution in [3.63, 3.8) is 0 Å². The summed E-state index contributed by atoms with van der Waals surface area (Å²) in [4.78, 5) is 0. The van der Waals surface area contributed by atoms with Crippen molar-refractivity contribution in [2.24, 2.45) is 5.73 Å². The maximum atomic E-state index is 9.28. The minimum atomic E-state index is -0.398. The van der Waals surface area contributed by atoms with Crippen LogP contribution < -0.4 is 10.5 Å². The highest BCUT2D eigenvalue weighted by atomic mass is 35.5. The highest BCUT2D eigenvalue weighted by Crippen LogP contribution is 2.41. The number of rotatable bonds is 4. The van der Waals surface area contributed by atoms with Crippen LogP contribution in [-0.4, -0.2) is 38.1 Å². The van der Waals surface area contributed by atoms with E-state index in [1.54, 1.807) is 13.2 Å². The summed E-state index contributed by atoms with van der Waals surface area (Å²) < 4.78 is 10.6. The van der Waals surface area contributed by atoms with E-state index in [-0.39, 0.29) is 12.6 Å². The third kappa shape index (κ3) is 2.02. The number of aliphatic hydroxyl groups is 1. The molecular weight excluding hydrogens is 242 g/mol. The summed E-state index contributed by atoms with van der Waals surface area (Å²) in [6.07, 6.45) is 0. The van der Waals surface area contributed by atoms with Gasteiger partial charge in [0.1, 0.15) is 5.75 Å². The summed E-state index contributed by atoms with van der Waals surface area (Å²) in [5.41, 5.74) is 6.50. The number of ether oxygens (including phenoxy) is 2. The highest BCUT2D eigenvalue weighted by Gasteiger charge is 2.47. The second-order valence-electron chi connectivity index (χ2n) is 4.28. The van der Waals surface area contributed by atoms with Gasteiger partial charge in [0.15, 0.2) is 0 Å². The fourth-order valence-corrected chi connectivity index (χ4v) is 2.31. The minimum absolute atomic E-state index is 0.0982. The summed E-state index contributed by atoms with van der Waals surface area (Å²) in [7, 11) is 1.60. The van der Waals surface area contributed by atoms with Crippen LogP contribution in [0.4, 0.5) is 0 Å². The molecule has 4 nitrogen and oxygen atoms in total. The van der Waals surface area contributed by atoms with Crippen LogP contribution in [0.2, 0.25) is 5.02 Å². The van der Waals surface area contributed by atoms with Crippen molar-refractivity contribution in [1.29, 1.82) is 0 Å². The van der Waals surface area contributed by atoms with Crippen LogP contribution in [0.25, 0.3) is 0 Å². The van der Waals surface area contributed by atoms with Crippen molar-refractivity contribution in [2.45, 2.75) is 11.5 Å². The molecule has 17 heavy (non-hydrogen) atoms. The molecule has 1 fully saturated rings. The van der Waals surface area contributed by atoms with E-state index in [1.165, 1.54) is 0 Å². The maximum Gasteiger partial charge on any atom is 0.122 e. The standard InChI is InChI=1S/C12H16ClNO3/c1-16-10-3-2-8(13)4-9(10)12(6-17-7-12)11(14)5-15/h2-4,11,15H,5-7,14H2,1H3. The molecule has 1 aromatic rings. The lowest BCUT2D eigenvalue weighted by molar-refractivity contribution is -0.0806. The Bertz CT molecular complexity index is 407. The number of benzene rings is 1. The molecule has 0 radical (unpaired) electrons. The van der Waals surface area contributed by atoms with E-state index in [2.05, 4.69) is 0 Å². The van der Waals surface area contributed by atoms with Gasteiger partial charge in [-0.1, -0.05) is 11.6 Å². The fourth-order valence-electron chi connectivity index (χ4n) is 2.14. The zero-order valence-electron chi connectivity index (χ0n) is 9.65. The van der Waals surface area contributed by atoms with Crippen LogP contribution in [0, 0.1) is 0 Å². The van der Waals surface area contributed by atoms with Gasteiger partial charge in [0.05, 0.1) is 32.3 Å². The number of hydrogen-bond donors (Lipinski definition) is 2. The Morgan fingerprint density at radius 2 is 2.29 bits per heavy atom. The molecule has 1 unspecified atom stereocenters. The Morgan fingerprint density at radius 1 is 1.59 bits per heavy atom. The normalized spacial score (nSPS) is 19.5. The molecule has 0 aliphatic carbocycles. The lowest BCUT2D eigenvalue weighted by Crippen LogP contribution is -2.60. The summed E-state index contributed by atoms with van der Waals surface area (Å²) in [5.74, 6) is 0.724. The van der Waals surface area contributed by atoms with Gasteiger partial charge in [0.2, 0.25) is 0 Å². The first-order valence-electron chi connectivity index (χ1n) is 5.42. The van der Waals surface area contributed by atoms with E-state index >= 15 is 0 Å². The molecule has 1 aliphatic heterocycles. The average Bonchev–Trinajstić information content (AvgIpc) is 2.27. The molecule has 1 atom stereocenters. The number of halogens is 1. The monoisotopic (exact) mass is 257 g/mol. The molecule has 0 spiro atoms. The third-order valence-corrected chi connectivity index (χ3v) is 3.56. The summed E-state index contributed by atoms with van der Waals surface area (Å²) >= 11 is 6.01. The van der Waals surface area contributed by atoms with Gasteiger partial charge in [0, 0.05) is 16.6 Å². The molecule has 2 rings (SSSR count). The molecular formula is C12H16ClNO3. The van der Waals surface area contributed by atoms with Crippen LogP contribution >= 0.6 is 11.6 Å². The van der Waals surface area contributed by atoms with E-state index in [0.717, 1.165) is 11.3 Å². The van der Waals surface area contributed by atoms with Gasteiger partial charge in [-0.25, -0.2) is 0 Å². The van der Waals surface area contributed by atoms with Gasteiger partial charge >= 0.3 is 0 Å². The van der Waals surface area contributed by atoms with Crippen molar-refractivity contribution in [3.8, 4) is 5.75 Å². The Balaban J connectivity index is 2.46. The van der Waals surface area contributed by atoms with Crippen LogP contribution in [0.3, 0.4) is 0 Å². The summed E-state index contributed by atoms with van der Waals surface area (Å²) in [5, 5.41) is 9.90. The first kappa shape index (κ1) is 12.6. The zero-order chi connectivity index (χ0) is 12.5. The molecule has 0 bridgehead atoms. The van der Waals surface area contributed by atoms with Crippen LogP contribution in [0.1, 0.15) is 5.56 Å². The summed E-state index contributed by atoms with van der Waals surface area (Å²) in [6.45, 7) is 0.857. The fraction of sp³-hybridized carbons (Fsp3) is 0.500. The first-order valence-corrected chi connectivity index (χ1v) is 5.80. The van der Waals surface area contributed by atoms with E-state index in [4.69, 9.17) is 26.8 Å². The Morgan fingerprint density at radius 3 is 2.76 bits per heavy atom. The molecule has 1 saturated heterocycles. The first-order chi connectivity index (χ1) is 8.14. The van der Waals surface area contributed by atoms with E-state index < -0.39 is 5.41 Å². The largest absolute Gasteiger partial charge is 0.496 e. The molecule has 1 aromatic carbocycles. The SMILES string of the molecule is COc1ccc(Cl)cc1C1(C(N)CO)COC1. The second kappa shape index (κ2) is 4.82. The van der Waals surface area contributed by atoms with Gasteiger partial charge in [-0.2, -0.15) is 0 Å². The minimum Gasteiger partial charge on any atom is -0.496 e. The van der Waals surface area contributed by atoms with Gasteiger partial charge in [-0.3, -0.25) is 0 Å². The van der Waals surface area contributed by atoms with Crippen LogP contribution in [0.5, 0.6) is 5.75 Å². The molecule has 1 heterocycles. The topological polar surface area (TPSA) is 64.7 Å². The molecule has 94 valence electrons. The molecule has 0 saturated carbocycles. The predicted octanol–water partition coefficient (Wildman–Crippen LogP) is 0.936. The van der Waals surface area contributed by atoms with Gasteiger partial charge < -0.3 is 20.3 Å². The maximum absolute atomic E-state index is 9.28. The number of aliphatic hydroxyl groups excluding tert-OH is 1. The number of methoxy groups -OCH3 is 1. The van der Waals surface area contributed by atoms with Crippen molar-refractivity contribution in [2.75, 3.05) is 26.9 Å². The van der Waals surface area contributed by atoms with Crippen molar-refractivity contribution in [3.05, 3.63) is 28.8 Å². The average molecular weight is 258 g/mol. The predicted molar refractivity (Wildman–Crippen MR) is 65.6 cm³/mol. The number of hydrogen-bond acceptors (Lipinski definition) is 4. The third-order valence-electron chi connectivity index (χ3n) is 3.32. The van der Waals surface area contributed by atoms with Gasteiger partial charge in [-0.15, -0.1) is 0 Å². The molecule has 0 amide bonds. The van der Waals surface area contributed by atoms with Crippen molar-refractivity contribution in [1.82, 2.24) is 0 Å².